The summed E-state index contributed by atoms with van der Waals surface area (Å²) in [4.78, 5) is 19.3. The predicted octanol–water partition coefficient (Wildman–Crippen LogP) is 5.04. The molecule has 6 heteroatoms. The summed E-state index contributed by atoms with van der Waals surface area (Å²) in [5.41, 5.74) is 3.22. The third-order valence-corrected chi connectivity index (χ3v) is 5.71. The first kappa shape index (κ1) is 19.5. The van der Waals surface area contributed by atoms with Crippen LogP contribution in [0.25, 0.3) is 11.3 Å². The third-order valence-electron chi connectivity index (χ3n) is 5.71. The van der Waals surface area contributed by atoms with Crippen molar-refractivity contribution in [2.75, 3.05) is 13.1 Å². The van der Waals surface area contributed by atoms with Crippen LogP contribution in [0.5, 0.6) is 11.8 Å². The van der Waals surface area contributed by atoms with Crippen molar-refractivity contribution in [3.05, 3.63) is 90.6 Å². The van der Waals surface area contributed by atoms with Gasteiger partial charge in [0.15, 0.2) is 0 Å². The topological polar surface area (TPSA) is 66.9 Å². The smallest absolute Gasteiger partial charge is 0.321 e. The third kappa shape index (κ3) is 4.81. The zero-order valence-corrected chi connectivity index (χ0v) is 17.3. The molecule has 2 aromatic heterocycles. The predicted molar refractivity (Wildman–Crippen MR) is 120 cm³/mol. The lowest BCUT2D eigenvalue weighted by molar-refractivity contribution is 0.202. The molecule has 0 atom stereocenters. The molecule has 0 radical (unpaired) electrons. The Kier molecular flexibility index (Phi) is 5.71. The number of nitrogens with one attached hydrogen (secondary N) is 1. The molecule has 156 valence electrons. The first-order valence-corrected chi connectivity index (χ1v) is 10.7. The number of likely N-dealkylation sites (tertiary alicyclic amines) is 1. The molecule has 0 spiro atoms. The summed E-state index contributed by atoms with van der Waals surface area (Å²) >= 11 is 0. The molecule has 0 saturated carbocycles. The second kappa shape index (κ2) is 9.10. The van der Waals surface area contributed by atoms with Crippen LogP contribution in [0.2, 0.25) is 0 Å². The molecule has 6 nitrogen and oxygen atoms in total. The van der Waals surface area contributed by atoms with Crippen molar-refractivity contribution < 1.29 is 4.74 Å². The fraction of sp³-hybridized carbons (Fsp3) is 0.240. The van der Waals surface area contributed by atoms with E-state index in [2.05, 4.69) is 55.2 Å². The summed E-state index contributed by atoms with van der Waals surface area (Å²) in [5.74, 6) is 2.24. The van der Waals surface area contributed by atoms with E-state index in [0.29, 0.717) is 11.9 Å². The Balaban J connectivity index is 1.18. The van der Waals surface area contributed by atoms with Crippen molar-refractivity contribution in [3.8, 4) is 23.0 Å². The molecule has 0 bridgehead atoms. The Labute approximate surface area is 182 Å². The Morgan fingerprint density at radius 1 is 0.839 bits per heavy atom. The van der Waals surface area contributed by atoms with Crippen LogP contribution in [0.3, 0.4) is 0 Å². The summed E-state index contributed by atoms with van der Waals surface area (Å²) in [6.45, 7) is 3.19. The van der Waals surface area contributed by atoms with Gasteiger partial charge >= 0.3 is 6.01 Å². The maximum Gasteiger partial charge on any atom is 0.321 e. The second-order valence-electron chi connectivity index (χ2n) is 7.89. The van der Waals surface area contributed by atoms with E-state index in [-0.39, 0.29) is 0 Å². The van der Waals surface area contributed by atoms with E-state index >= 15 is 0 Å². The van der Waals surface area contributed by atoms with Crippen molar-refractivity contribution >= 4 is 0 Å². The van der Waals surface area contributed by atoms with E-state index in [1.165, 1.54) is 5.56 Å². The molecule has 0 amide bonds. The first-order chi connectivity index (χ1) is 15.3. The summed E-state index contributed by atoms with van der Waals surface area (Å²) in [7, 11) is 0. The molecule has 1 fully saturated rings. The molecule has 1 aliphatic heterocycles. The average Bonchev–Trinajstić information content (AvgIpc) is 3.32. The Hall–Kier alpha value is -3.51. The van der Waals surface area contributed by atoms with Crippen molar-refractivity contribution in [1.29, 1.82) is 0 Å². The number of para-hydroxylation sites is 1. The maximum absolute atomic E-state index is 5.67. The maximum atomic E-state index is 5.67. The highest BCUT2D eigenvalue weighted by molar-refractivity contribution is 5.56. The molecule has 2 aromatic carbocycles. The van der Waals surface area contributed by atoms with Crippen molar-refractivity contribution in [1.82, 2.24) is 24.8 Å². The number of piperidine rings is 1. The number of benzene rings is 2. The van der Waals surface area contributed by atoms with E-state index < -0.39 is 0 Å². The lowest BCUT2D eigenvalue weighted by Crippen LogP contribution is -2.32. The van der Waals surface area contributed by atoms with Crippen molar-refractivity contribution in [3.63, 3.8) is 0 Å². The Morgan fingerprint density at radius 2 is 1.52 bits per heavy atom. The molecular formula is C25H25N5O. The van der Waals surface area contributed by atoms with Gasteiger partial charge in [-0.05, 0) is 43.6 Å². The van der Waals surface area contributed by atoms with E-state index in [4.69, 9.17) is 4.74 Å². The SMILES string of the molecule is c1ccc(CN2CCC(c3ncc(-c4cnc(Oc5ccccc5)nc4)[nH]3)CC2)cc1. The van der Waals surface area contributed by atoms with E-state index in [9.17, 15) is 0 Å². The molecular weight excluding hydrogens is 386 g/mol. The van der Waals surface area contributed by atoms with Gasteiger partial charge < -0.3 is 9.72 Å². The molecule has 1 N–H and O–H groups in total. The van der Waals surface area contributed by atoms with Crippen LogP contribution in [-0.2, 0) is 6.54 Å². The number of aromatic nitrogens is 4. The van der Waals surface area contributed by atoms with Crippen LogP contribution >= 0.6 is 0 Å². The standard InChI is InChI=1S/C25H25N5O/c1-3-7-19(8-4-1)18-30-13-11-20(12-14-30)24-26-17-23(29-24)21-15-27-25(28-16-21)31-22-9-5-2-6-10-22/h1-10,15-17,20H,11-14,18H2,(H,26,29). The molecule has 0 aliphatic carbocycles. The fourth-order valence-corrected chi connectivity index (χ4v) is 4.00. The second-order valence-corrected chi connectivity index (χ2v) is 7.89. The number of ether oxygens (including phenoxy) is 1. The van der Waals surface area contributed by atoms with Gasteiger partial charge in [0, 0.05) is 30.4 Å². The Bertz CT molecular complexity index is 1090. The van der Waals surface area contributed by atoms with Crippen molar-refractivity contribution in [2.24, 2.45) is 0 Å². The summed E-state index contributed by atoms with van der Waals surface area (Å²) in [5, 5.41) is 0. The van der Waals surface area contributed by atoms with Gasteiger partial charge in [-0.2, -0.15) is 0 Å². The molecule has 31 heavy (non-hydrogen) atoms. The van der Waals surface area contributed by atoms with Gasteiger partial charge in [0.1, 0.15) is 11.6 Å². The number of hydrogen-bond acceptors (Lipinski definition) is 5. The minimum Gasteiger partial charge on any atom is -0.424 e. The van der Waals surface area contributed by atoms with Gasteiger partial charge in [0.2, 0.25) is 0 Å². The first-order valence-electron chi connectivity index (χ1n) is 10.7. The molecule has 0 unspecified atom stereocenters. The molecule has 1 aliphatic rings. The number of rotatable bonds is 6. The number of hydrogen-bond donors (Lipinski definition) is 1. The van der Waals surface area contributed by atoms with Gasteiger partial charge in [0.05, 0.1) is 11.9 Å². The van der Waals surface area contributed by atoms with E-state index in [1.54, 1.807) is 12.4 Å². The van der Waals surface area contributed by atoms with Gasteiger partial charge in [-0.1, -0.05) is 48.5 Å². The normalized spacial score (nSPS) is 15.1. The van der Waals surface area contributed by atoms with Gasteiger partial charge in [-0.3, -0.25) is 4.90 Å². The zero-order valence-electron chi connectivity index (χ0n) is 17.3. The van der Waals surface area contributed by atoms with Crippen LogP contribution < -0.4 is 4.74 Å². The van der Waals surface area contributed by atoms with E-state index in [1.807, 2.05) is 36.5 Å². The van der Waals surface area contributed by atoms with Crippen LogP contribution in [0, 0.1) is 0 Å². The number of imidazole rings is 1. The van der Waals surface area contributed by atoms with Crippen LogP contribution in [0.15, 0.2) is 79.3 Å². The van der Waals surface area contributed by atoms with Crippen LogP contribution in [-0.4, -0.2) is 37.9 Å². The lowest BCUT2D eigenvalue weighted by Gasteiger charge is -2.31. The summed E-state index contributed by atoms with van der Waals surface area (Å²) in [6.07, 6.45) is 7.64. The molecule has 5 rings (SSSR count). The quantitative estimate of drug-likeness (QED) is 0.481. The van der Waals surface area contributed by atoms with Crippen molar-refractivity contribution in [2.45, 2.75) is 25.3 Å². The lowest BCUT2D eigenvalue weighted by atomic mass is 9.96. The average molecular weight is 412 g/mol. The van der Waals surface area contributed by atoms with Gasteiger partial charge in [-0.15, -0.1) is 0 Å². The fourth-order valence-electron chi connectivity index (χ4n) is 4.00. The highest BCUT2D eigenvalue weighted by Crippen LogP contribution is 2.28. The van der Waals surface area contributed by atoms with Gasteiger partial charge in [0.25, 0.3) is 0 Å². The Morgan fingerprint density at radius 3 is 2.23 bits per heavy atom. The molecule has 3 heterocycles. The summed E-state index contributed by atoms with van der Waals surface area (Å²) < 4.78 is 5.67. The minimum absolute atomic E-state index is 0.334. The highest BCUT2D eigenvalue weighted by atomic mass is 16.5. The van der Waals surface area contributed by atoms with Crippen LogP contribution in [0.4, 0.5) is 0 Å². The molecule has 4 aromatic rings. The van der Waals surface area contributed by atoms with Gasteiger partial charge in [-0.25, -0.2) is 15.0 Å². The van der Waals surface area contributed by atoms with E-state index in [0.717, 1.165) is 55.3 Å². The van der Waals surface area contributed by atoms with Crippen LogP contribution in [0.1, 0.15) is 30.1 Å². The minimum atomic E-state index is 0.334. The largest absolute Gasteiger partial charge is 0.424 e. The zero-order chi connectivity index (χ0) is 20.9. The highest BCUT2D eigenvalue weighted by Gasteiger charge is 2.23. The number of H-pyrrole nitrogens is 1. The monoisotopic (exact) mass is 411 g/mol. The number of nitrogens with zero attached hydrogens (tertiary/aromatic N) is 4. The summed E-state index contributed by atoms with van der Waals surface area (Å²) in [6, 6.07) is 20.6. The molecule has 1 saturated heterocycles. The number of aromatic amines is 1.